The van der Waals surface area contributed by atoms with Crippen LogP contribution in [0.1, 0.15) is 24.1 Å². The fourth-order valence-corrected chi connectivity index (χ4v) is 3.81. The number of rotatable bonds is 8. The second-order valence-electron chi connectivity index (χ2n) is 5.97. The zero-order valence-electron chi connectivity index (χ0n) is 14.6. The van der Waals surface area contributed by atoms with Gasteiger partial charge in [0.25, 0.3) is 0 Å². The molecule has 134 valence electrons. The summed E-state index contributed by atoms with van der Waals surface area (Å²) in [6.45, 7) is 2.35. The number of nitrogens with zero attached hydrogens (tertiary/aromatic N) is 1. The van der Waals surface area contributed by atoms with Gasteiger partial charge in [-0.2, -0.15) is 4.31 Å². The maximum atomic E-state index is 12.1. The maximum Gasteiger partial charge on any atom is 0.224 e. The highest BCUT2D eigenvalue weighted by molar-refractivity contribution is 7.88. The molecular weight excluding hydrogens is 336 g/mol. The third-order valence-electron chi connectivity index (χ3n) is 4.00. The van der Waals surface area contributed by atoms with Crippen LogP contribution in [0, 0.1) is 0 Å². The van der Waals surface area contributed by atoms with Gasteiger partial charge in [-0.1, -0.05) is 60.7 Å². The summed E-state index contributed by atoms with van der Waals surface area (Å²) in [6, 6.07) is 18.6. The molecular formula is C19H24N2O3S. The molecule has 0 spiro atoms. The maximum absolute atomic E-state index is 12.1. The normalized spacial score (nSPS) is 12.8. The van der Waals surface area contributed by atoms with Crippen molar-refractivity contribution in [2.75, 3.05) is 19.3 Å². The highest BCUT2D eigenvalue weighted by Gasteiger charge is 2.24. The Morgan fingerprint density at radius 3 is 2.16 bits per heavy atom. The summed E-state index contributed by atoms with van der Waals surface area (Å²) in [5.74, 6) is -0.119. The lowest BCUT2D eigenvalue weighted by atomic mass is 10.1. The first-order valence-corrected chi connectivity index (χ1v) is 10.0. The Morgan fingerprint density at radius 2 is 1.60 bits per heavy atom. The average molecular weight is 360 g/mol. The van der Waals surface area contributed by atoms with Crippen molar-refractivity contribution < 1.29 is 13.2 Å². The Kier molecular flexibility index (Phi) is 6.73. The van der Waals surface area contributed by atoms with Crippen molar-refractivity contribution in [3.05, 3.63) is 71.8 Å². The molecule has 0 heterocycles. The summed E-state index contributed by atoms with van der Waals surface area (Å²) in [4.78, 5) is 12.0. The molecule has 0 aliphatic heterocycles. The summed E-state index contributed by atoms with van der Waals surface area (Å²) in [5.41, 5.74) is 1.85. The number of sulfonamides is 1. The van der Waals surface area contributed by atoms with Gasteiger partial charge in [0.1, 0.15) is 0 Å². The van der Waals surface area contributed by atoms with E-state index in [1.807, 2.05) is 67.6 Å². The largest absolute Gasteiger partial charge is 0.354 e. The van der Waals surface area contributed by atoms with Crippen LogP contribution >= 0.6 is 0 Å². The van der Waals surface area contributed by atoms with Crippen LogP contribution in [0.15, 0.2) is 60.7 Å². The van der Waals surface area contributed by atoms with E-state index in [9.17, 15) is 13.2 Å². The quantitative estimate of drug-likeness (QED) is 0.786. The number of carbonyl (C=O) groups is 1. The molecule has 1 N–H and O–H groups in total. The number of hydrogen-bond acceptors (Lipinski definition) is 3. The van der Waals surface area contributed by atoms with Gasteiger partial charge < -0.3 is 5.32 Å². The molecule has 2 aromatic carbocycles. The molecule has 6 heteroatoms. The number of benzene rings is 2. The van der Waals surface area contributed by atoms with Crippen molar-refractivity contribution in [3.63, 3.8) is 0 Å². The first kappa shape index (κ1) is 19.1. The molecule has 0 saturated carbocycles. The fraction of sp³-hybridized carbons (Fsp3) is 0.316. The smallest absolute Gasteiger partial charge is 0.224 e. The van der Waals surface area contributed by atoms with Crippen LogP contribution < -0.4 is 5.32 Å². The van der Waals surface area contributed by atoms with Crippen LogP contribution in [0.2, 0.25) is 0 Å². The van der Waals surface area contributed by atoms with Crippen molar-refractivity contribution in [3.8, 4) is 0 Å². The molecule has 1 amide bonds. The fourth-order valence-electron chi connectivity index (χ4n) is 2.69. The monoisotopic (exact) mass is 360 g/mol. The topological polar surface area (TPSA) is 66.5 Å². The summed E-state index contributed by atoms with van der Waals surface area (Å²) in [7, 11) is -3.39. The Labute approximate surface area is 149 Å². The van der Waals surface area contributed by atoms with E-state index in [4.69, 9.17) is 0 Å². The van der Waals surface area contributed by atoms with E-state index in [2.05, 4.69) is 5.32 Å². The lowest BCUT2D eigenvalue weighted by Crippen LogP contribution is -2.39. The molecule has 0 bridgehead atoms. The van der Waals surface area contributed by atoms with Gasteiger partial charge in [-0.25, -0.2) is 8.42 Å². The van der Waals surface area contributed by atoms with Crippen molar-refractivity contribution in [2.24, 2.45) is 0 Å². The van der Waals surface area contributed by atoms with Crippen LogP contribution in [0.5, 0.6) is 0 Å². The predicted octanol–water partition coefficient (Wildman–Crippen LogP) is 2.37. The van der Waals surface area contributed by atoms with Gasteiger partial charge >= 0.3 is 0 Å². The standard InChI is InChI=1S/C19H24N2O3S/c1-16(18-11-7-4-8-12-18)21(25(2,23)24)14-13-20-19(22)15-17-9-5-3-6-10-17/h3-12,16H,13-15H2,1-2H3,(H,20,22). The minimum absolute atomic E-state index is 0.119. The molecule has 0 aromatic heterocycles. The molecule has 1 atom stereocenters. The molecule has 0 aliphatic carbocycles. The zero-order valence-corrected chi connectivity index (χ0v) is 15.4. The third kappa shape index (κ3) is 5.99. The summed E-state index contributed by atoms with van der Waals surface area (Å²) < 4.78 is 25.7. The van der Waals surface area contributed by atoms with Crippen LogP contribution in [0.25, 0.3) is 0 Å². The van der Waals surface area contributed by atoms with Gasteiger partial charge in [0.05, 0.1) is 12.7 Å². The molecule has 0 aliphatic rings. The van der Waals surface area contributed by atoms with E-state index in [1.54, 1.807) is 0 Å². The van der Waals surface area contributed by atoms with Crippen LogP contribution in [-0.4, -0.2) is 38.0 Å². The number of amides is 1. The zero-order chi connectivity index (χ0) is 18.3. The third-order valence-corrected chi connectivity index (χ3v) is 5.35. The second kappa shape index (κ2) is 8.78. The Morgan fingerprint density at radius 1 is 1.04 bits per heavy atom. The molecule has 0 radical (unpaired) electrons. The van der Waals surface area contributed by atoms with Crippen LogP contribution in [-0.2, 0) is 21.2 Å². The predicted molar refractivity (Wildman–Crippen MR) is 99.6 cm³/mol. The van der Waals surface area contributed by atoms with Crippen molar-refractivity contribution in [2.45, 2.75) is 19.4 Å². The van der Waals surface area contributed by atoms with E-state index in [0.717, 1.165) is 11.1 Å². The first-order chi connectivity index (χ1) is 11.9. The molecule has 0 fully saturated rings. The minimum atomic E-state index is -3.39. The lowest BCUT2D eigenvalue weighted by molar-refractivity contribution is -0.120. The number of nitrogens with one attached hydrogen (secondary N) is 1. The number of hydrogen-bond donors (Lipinski definition) is 1. The van der Waals surface area contributed by atoms with Gasteiger partial charge in [0.2, 0.25) is 15.9 Å². The van der Waals surface area contributed by atoms with Gasteiger partial charge in [-0.05, 0) is 18.1 Å². The molecule has 2 aromatic rings. The van der Waals surface area contributed by atoms with E-state index in [1.165, 1.54) is 10.6 Å². The minimum Gasteiger partial charge on any atom is -0.354 e. The Hall–Kier alpha value is -2.18. The van der Waals surface area contributed by atoms with E-state index in [0.29, 0.717) is 0 Å². The molecule has 5 nitrogen and oxygen atoms in total. The van der Waals surface area contributed by atoms with Gasteiger partial charge in [-0.3, -0.25) is 4.79 Å². The molecule has 2 rings (SSSR count). The summed E-state index contributed by atoms with van der Waals surface area (Å²) in [5, 5.41) is 2.80. The highest BCUT2D eigenvalue weighted by Crippen LogP contribution is 2.21. The lowest BCUT2D eigenvalue weighted by Gasteiger charge is -2.27. The Balaban J connectivity index is 1.93. The van der Waals surface area contributed by atoms with Gasteiger partial charge in [0.15, 0.2) is 0 Å². The van der Waals surface area contributed by atoms with Crippen LogP contribution in [0.4, 0.5) is 0 Å². The van der Waals surface area contributed by atoms with Gasteiger partial charge in [-0.15, -0.1) is 0 Å². The average Bonchev–Trinajstić information content (AvgIpc) is 2.59. The second-order valence-corrected chi connectivity index (χ2v) is 7.91. The molecule has 0 saturated heterocycles. The van der Waals surface area contributed by atoms with Crippen molar-refractivity contribution >= 4 is 15.9 Å². The summed E-state index contributed by atoms with van der Waals surface area (Å²) >= 11 is 0. The van der Waals surface area contributed by atoms with E-state index >= 15 is 0 Å². The van der Waals surface area contributed by atoms with Crippen molar-refractivity contribution in [1.82, 2.24) is 9.62 Å². The first-order valence-electron chi connectivity index (χ1n) is 8.20. The van der Waals surface area contributed by atoms with E-state index in [-0.39, 0.29) is 31.5 Å². The van der Waals surface area contributed by atoms with Crippen LogP contribution in [0.3, 0.4) is 0 Å². The molecule has 1 unspecified atom stereocenters. The SMILES string of the molecule is CC(c1ccccc1)N(CCNC(=O)Cc1ccccc1)S(C)(=O)=O. The van der Waals surface area contributed by atoms with Crippen molar-refractivity contribution in [1.29, 1.82) is 0 Å². The Bertz CT molecular complexity index is 777. The summed E-state index contributed by atoms with van der Waals surface area (Å²) in [6.07, 6.45) is 1.48. The van der Waals surface area contributed by atoms with Gasteiger partial charge in [0, 0.05) is 19.1 Å². The van der Waals surface area contributed by atoms with E-state index < -0.39 is 10.0 Å². The highest BCUT2D eigenvalue weighted by atomic mass is 32.2. The number of carbonyl (C=O) groups excluding carboxylic acids is 1. The molecule has 25 heavy (non-hydrogen) atoms.